The fraction of sp³-hybridized carbons (Fsp3) is 0.727. The normalized spacial score (nSPS) is 30.6. The van der Waals surface area contributed by atoms with Crippen LogP contribution >= 0.6 is 0 Å². The zero-order valence-corrected chi connectivity index (χ0v) is 16.1. The van der Waals surface area contributed by atoms with Gasteiger partial charge in [0.2, 0.25) is 0 Å². The molecule has 0 amide bonds. The van der Waals surface area contributed by atoms with Gasteiger partial charge in [0.25, 0.3) is 0 Å². The average Bonchev–Trinajstić information content (AvgIpc) is 2.63. The van der Waals surface area contributed by atoms with Crippen LogP contribution in [0.3, 0.4) is 0 Å². The first kappa shape index (κ1) is 17.4. The lowest BCUT2D eigenvalue weighted by Crippen LogP contribution is -2.48. The van der Waals surface area contributed by atoms with E-state index in [1.807, 2.05) is 0 Å². The Hall–Kier alpha value is -1.06. The van der Waals surface area contributed by atoms with Gasteiger partial charge in [-0.3, -0.25) is 0 Å². The molecule has 3 nitrogen and oxygen atoms in total. The van der Waals surface area contributed by atoms with Crippen LogP contribution < -0.4 is 10.2 Å². The molecular formula is C22H35N3. The molecule has 0 radical (unpaired) electrons. The second-order valence-electron chi connectivity index (χ2n) is 9.06. The zero-order chi connectivity index (χ0) is 17.3. The molecule has 1 spiro atoms. The minimum atomic E-state index is 0.563. The van der Waals surface area contributed by atoms with Crippen molar-refractivity contribution in [1.82, 2.24) is 10.2 Å². The minimum absolute atomic E-state index is 0.563. The molecule has 3 saturated heterocycles. The van der Waals surface area contributed by atoms with Gasteiger partial charge in [-0.2, -0.15) is 0 Å². The summed E-state index contributed by atoms with van der Waals surface area (Å²) in [5, 5.41) is 3.71. The second-order valence-corrected chi connectivity index (χ2v) is 9.06. The van der Waals surface area contributed by atoms with E-state index in [0.717, 1.165) is 12.5 Å². The molecule has 3 fully saturated rings. The van der Waals surface area contributed by atoms with Gasteiger partial charge >= 0.3 is 0 Å². The predicted octanol–water partition coefficient (Wildman–Crippen LogP) is 4.06. The van der Waals surface area contributed by atoms with Crippen molar-refractivity contribution < 1.29 is 0 Å². The van der Waals surface area contributed by atoms with Crippen LogP contribution in [0.2, 0.25) is 0 Å². The highest BCUT2D eigenvalue weighted by atomic mass is 15.2. The molecule has 0 unspecified atom stereocenters. The van der Waals surface area contributed by atoms with E-state index in [9.17, 15) is 0 Å². The fourth-order valence-corrected chi connectivity index (χ4v) is 5.30. The Kier molecular flexibility index (Phi) is 5.06. The maximum absolute atomic E-state index is 3.71. The summed E-state index contributed by atoms with van der Waals surface area (Å²) >= 11 is 0. The van der Waals surface area contributed by atoms with Crippen LogP contribution in [0, 0.1) is 11.3 Å². The molecule has 25 heavy (non-hydrogen) atoms. The maximum Gasteiger partial charge on any atom is 0.0366 e. The topological polar surface area (TPSA) is 18.5 Å². The zero-order valence-electron chi connectivity index (χ0n) is 16.1. The van der Waals surface area contributed by atoms with Crippen molar-refractivity contribution >= 4 is 5.69 Å². The maximum atomic E-state index is 3.71. The first-order valence-corrected chi connectivity index (χ1v) is 10.4. The van der Waals surface area contributed by atoms with Crippen molar-refractivity contribution in [2.45, 2.75) is 51.5 Å². The van der Waals surface area contributed by atoms with Gasteiger partial charge in [0.15, 0.2) is 0 Å². The molecule has 3 aliphatic rings. The second kappa shape index (κ2) is 7.28. The number of piperidine rings is 3. The Bertz CT molecular complexity index is 551. The third-order valence-corrected chi connectivity index (χ3v) is 7.00. The van der Waals surface area contributed by atoms with E-state index < -0.39 is 0 Å². The number of nitrogens with zero attached hydrogens (tertiary/aromatic N) is 2. The molecule has 3 aliphatic heterocycles. The molecule has 4 rings (SSSR count). The highest BCUT2D eigenvalue weighted by molar-refractivity contribution is 5.48. The number of hydrogen-bond acceptors (Lipinski definition) is 3. The molecule has 1 aromatic carbocycles. The summed E-state index contributed by atoms with van der Waals surface area (Å²) < 4.78 is 0. The van der Waals surface area contributed by atoms with E-state index >= 15 is 0 Å². The van der Waals surface area contributed by atoms with Crippen LogP contribution in [-0.4, -0.2) is 44.7 Å². The van der Waals surface area contributed by atoms with Crippen LogP contribution in [-0.2, 0) is 0 Å². The number of rotatable bonds is 2. The molecule has 0 aliphatic carbocycles. The summed E-state index contributed by atoms with van der Waals surface area (Å²) in [5.41, 5.74) is 3.50. The standard InChI is InChI=1S/C22H35N3/c1-18-4-9-21(23-16-18)19-5-7-20(8-6-19)25-14-11-22(12-15-25)10-3-13-24(2)17-22/h5-8,18,21,23H,3-4,9-17H2,1-2H3/t18-,21+/m0/s1. The lowest BCUT2D eigenvalue weighted by Gasteiger charge is -2.47. The molecule has 0 aromatic heterocycles. The van der Waals surface area contributed by atoms with E-state index in [-0.39, 0.29) is 0 Å². The van der Waals surface area contributed by atoms with Crippen LogP contribution in [0.25, 0.3) is 0 Å². The first-order valence-electron chi connectivity index (χ1n) is 10.4. The summed E-state index contributed by atoms with van der Waals surface area (Å²) in [6.07, 6.45) is 8.18. The van der Waals surface area contributed by atoms with Gasteiger partial charge in [0.1, 0.15) is 0 Å². The van der Waals surface area contributed by atoms with Gasteiger partial charge in [0, 0.05) is 31.4 Å². The Morgan fingerprint density at radius 2 is 1.76 bits per heavy atom. The van der Waals surface area contributed by atoms with Gasteiger partial charge in [-0.25, -0.2) is 0 Å². The van der Waals surface area contributed by atoms with Crippen molar-refractivity contribution in [3.63, 3.8) is 0 Å². The Labute approximate surface area is 153 Å². The van der Waals surface area contributed by atoms with Crippen LogP contribution in [0.4, 0.5) is 5.69 Å². The lowest BCUT2D eigenvalue weighted by atomic mass is 9.72. The number of hydrogen-bond donors (Lipinski definition) is 1. The summed E-state index contributed by atoms with van der Waals surface area (Å²) in [7, 11) is 2.30. The largest absolute Gasteiger partial charge is 0.371 e. The lowest BCUT2D eigenvalue weighted by molar-refractivity contribution is 0.0822. The van der Waals surface area contributed by atoms with Crippen molar-refractivity contribution in [3.05, 3.63) is 29.8 Å². The van der Waals surface area contributed by atoms with Gasteiger partial charge in [0.05, 0.1) is 0 Å². The van der Waals surface area contributed by atoms with Crippen molar-refractivity contribution in [3.8, 4) is 0 Å². The smallest absolute Gasteiger partial charge is 0.0366 e. The summed E-state index contributed by atoms with van der Waals surface area (Å²) in [4.78, 5) is 5.16. The van der Waals surface area contributed by atoms with Crippen LogP contribution in [0.15, 0.2) is 24.3 Å². The van der Waals surface area contributed by atoms with Crippen molar-refractivity contribution in [1.29, 1.82) is 0 Å². The van der Waals surface area contributed by atoms with E-state index in [2.05, 4.69) is 53.4 Å². The van der Waals surface area contributed by atoms with Crippen LogP contribution in [0.1, 0.15) is 57.1 Å². The minimum Gasteiger partial charge on any atom is -0.371 e. The van der Waals surface area contributed by atoms with E-state index in [1.165, 1.54) is 76.0 Å². The van der Waals surface area contributed by atoms with Gasteiger partial charge in [-0.05, 0) is 87.7 Å². The number of nitrogens with one attached hydrogen (secondary N) is 1. The predicted molar refractivity (Wildman–Crippen MR) is 106 cm³/mol. The Balaban J connectivity index is 1.35. The van der Waals surface area contributed by atoms with Crippen molar-refractivity contribution in [2.75, 3.05) is 44.7 Å². The molecule has 3 heterocycles. The average molecular weight is 342 g/mol. The summed E-state index contributed by atoms with van der Waals surface area (Å²) in [6, 6.07) is 10.0. The third-order valence-electron chi connectivity index (χ3n) is 7.00. The molecular weight excluding hydrogens is 306 g/mol. The molecule has 0 saturated carbocycles. The molecule has 3 heteroatoms. The van der Waals surface area contributed by atoms with Gasteiger partial charge < -0.3 is 15.1 Å². The highest BCUT2D eigenvalue weighted by Gasteiger charge is 2.37. The van der Waals surface area contributed by atoms with Crippen LogP contribution in [0.5, 0.6) is 0 Å². The van der Waals surface area contributed by atoms with Gasteiger partial charge in [-0.15, -0.1) is 0 Å². The fourth-order valence-electron chi connectivity index (χ4n) is 5.30. The number of anilines is 1. The first-order chi connectivity index (χ1) is 12.1. The Morgan fingerprint density at radius 3 is 2.40 bits per heavy atom. The summed E-state index contributed by atoms with van der Waals surface area (Å²) in [6.45, 7) is 8.57. The van der Waals surface area contributed by atoms with E-state index in [1.54, 1.807) is 0 Å². The molecule has 2 atom stereocenters. The third kappa shape index (κ3) is 3.88. The molecule has 1 aromatic rings. The van der Waals surface area contributed by atoms with Gasteiger partial charge in [-0.1, -0.05) is 19.1 Å². The SMILES string of the molecule is C[C@H]1CC[C@H](c2ccc(N3CCC4(CCCN(C)C4)CC3)cc2)NC1. The summed E-state index contributed by atoms with van der Waals surface area (Å²) in [5.74, 6) is 0.829. The number of benzene rings is 1. The molecule has 1 N–H and O–H groups in total. The molecule has 0 bridgehead atoms. The monoisotopic (exact) mass is 341 g/mol. The highest BCUT2D eigenvalue weighted by Crippen LogP contribution is 2.40. The van der Waals surface area contributed by atoms with E-state index in [0.29, 0.717) is 11.5 Å². The van der Waals surface area contributed by atoms with Crippen molar-refractivity contribution in [2.24, 2.45) is 11.3 Å². The quantitative estimate of drug-likeness (QED) is 0.875. The molecule has 138 valence electrons. The Morgan fingerprint density at radius 1 is 1.00 bits per heavy atom. The van der Waals surface area contributed by atoms with E-state index in [4.69, 9.17) is 0 Å². The number of likely N-dealkylation sites (tertiary alicyclic amines) is 1.